The Kier molecular flexibility index (Phi) is 6.27. The fraction of sp³-hybridized carbons (Fsp3) is 0.556. The van der Waals surface area contributed by atoms with Crippen LogP contribution in [0.2, 0.25) is 0 Å². The molecule has 0 bridgehead atoms. The lowest BCUT2D eigenvalue weighted by molar-refractivity contribution is 0.138. The molecule has 4 N–H and O–H groups in total. The first kappa shape index (κ1) is 18.0. The summed E-state index contributed by atoms with van der Waals surface area (Å²) >= 11 is 0. The van der Waals surface area contributed by atoms with Gasteiger partial charge in [-0.1, -0.05) is 0 Å². The molecule has 1 atom stereocenters. The molecule has 120 valence electrons. The highest BCUT2D eigenvalue weighted by Gasteiger charge is 2.29. The maximum Gasteiger partial charge on any atom is 0.335 e. The van der Waals surface area contributed by atoms with E-state index in [1.165, 1.54) is 16.8 Å². The van der Waals surface area contributed by atoms with Gasteiger partial charge in [-0.05, 0) is 0 Å². The molecule has 0 saturated heterocycles. The molecule has 1 rings (SSSR count). The standard InChI is InChI=1S/C9H16N2O8P2/c12-8-1-2-11(9(13)10-8)3-4-19-5-6-20(14,15)7-21(16,17)18/h1-2H,3-7H2,(H,14,15)(H,10,12,13)(H2,16,17,18). The Hall–Kier alpha value is -1.02. The zero-order chi connectivity index (χ0) is 16.1. The predicted octanol–water partition coefficient (Wildman–Crippen LogP) is -1.04. The molecule has 0 saturated carbocycles. The lowest BCUT2D eigenvalue weighted by Gasteiger charge is -2.12. The molecule has 1 heterocycles. The second-order valence-corrected chi connectivity index (χ2v) is 8.89. The van der Waals surface area contributed by atoms with Crippen molar-refractivity contribution in [3.05, 3.63) is 33.1 Å². The second kappa shape index (κ2) is 7.31. The molecule has 0 aliphatic rings. The van der Waals surface area contributed by atoms with E-state index in [1.807, 2.05) is 0 Å². The Morgan fingerprint density at radius 1 is 1.19 bits per heavy atom. The van der Waals surface area contributed by atoms with Crippen molar-refractivity contribution in [1.29, 1.82) is 0 Å². The maximum absolute atomic E-state index is 11.4. The van der Waals surface area contributed by atoms with Crippen LogP contribution in [-0.2, 0) is 20.4 Å². The van der Waals surface area contributed by atoms with Crippen molar-refractivity contribution in [2.24, 2.45) is 0 Å². The summed E-state index contributed by atoms with van der Waals surface area (Å²) in [6.07, 6.45) is 0.897. The normalized spacial score (nSPS) is 14.8. The molecule has 0 aromatic carbocycles. The summed E-state index contributed by atoms with van der Waals surface area (Å²) in [4.78, 5) is 50.8. The fourth-order valence-corrected chi connectivity index (χ4v) is 4.73. The van der Waals surface area contributed by atoms with E-state index in [1.54, 1.807) is 0 Å². The van der Waals surface area contributed by atoms with E-state index in [2.05, 4.69) is 4.98 Å². The molecular weight excluding hydrogens is 326 g/mol. The van der Waals surface area contributed by atoms with Crippen molar-refractivity contribution in [1.82, 2.24) is 9.55 Å². The Balaban J connectivity index is 2.35. The minimum Gasteiger partial charge on any atom is -0.379 e. The van der Waals surface area contributed by atoms with Crippen LogP contribution in [0.4, 0.5) is 0 Å². The van der Waals surface area contributed by atoms with Crippen LogP contribution in [0, 0.1) is 0 Å². The second-order valence-electron chi connectivity index (χ2n) is 4.29. The van der Waals surface area contributed by atoms with Gasteiger partial charge in [0.1, 0.15) is 5.90 Å². The predicted molar refractivity (Wildman–Crippen MR) is 73.7 cm³/mol. The summed E-state index contributed by atoms with van der Waals surface area (Å²) < 4.78 is 28.3. The minimum absolute atomic E-state index is 0.0435. The van der Waals surface area contributed by atoms with Crippen LogP contribution in [0.1, 0.15) is 0 Å². The molecule has 21 heavy (non-hydrogen) atoms. The van der Waals surface area contributed by atoms with Gasteiger partial charge in [-0.2, -0.15) is 0 Å². The number of nitrogens with zero attached hydrogens (tertiary/aromatic N) is 1. The summed E-state index contributed by atoms with van der Waals surface area (Å²) in [5.74, 6) is -1.08. The molecule has 0 aliphatic heterocycles. The van der Waals surface area contributed by atoms with Crippen molar-refractivity contribution < 1.29 is 28.5 Å². The Morgan fingerprint density at radius 3 is 2.43 bits per heavy atom. The van der Waals surface area contributed by atoms with E-state index in [0.717, 1.165) is 0 Å². The maximum atomic E-state index is 11.4. The van der Waals surface area contributed by atoms with Crippen molar-refractivity contribution in [3.8, 4) is 0 Å². The highest BCUT2D eigenvalue weighted by Crippen LogP contribution is 2.54. The first-order valence-corrected chi connectivity index (χ1v) is 9.65. The quantitative estimate of drug-likeness (QED) is 0.344. The molecule has 0 radical (unpaired) electrons. The van der Waals surface area contributed by atoms with E-state index >= 15 is 0 Å². The van der Waals surface area contributed by atoms with E-state index in [4.69, 9.17) is 14.5 Å². The number of hydrogen-bond acceptors (Lipinski definition) is 5. The van der Waals surface area contributed by atoms with Gasteiger partial charge >= 0.3 is 13.3 Å². The lowest BCUT2D eigenvalue weighted by Crippen LogP contribution is -2.29. The van der Waals surface area contributed by atoms with Gasteiger partial charge in [0, 0.05) is 18.4 Å². The molecule has 0 amide bonds. The summed E-state index contributed by atoms with van der Waals surface area (Å²) in [6, 6.07) is 1.17. The van der Waals surface area contributed by atoms with Crippen LogP contribution in [0.25, 0.3) is 0 Å². The van der Waals surface area contributed by atoms with Gasteiger partial charge in [0.05, 0.1) is 19.8 Å². The van der Waals surface area contributed by atoms with Crippen LogP contribution < -0.4 is 11.2 Å². The third kappa shape index (κ3) is 7.52. The lowest BCUT2D eigenvalue weighted by atomic mass is 10.6. The SMILES string of the molecule is O=c1ccn(CCOCCP(=O)(O)CP(=O)(O)O)c(=O)[nH]1. The number of aromatic amines is 1. The van der Waals surface area contributed by atoms with E-state index < -0.39 is 38.3 Å². The number of hydrogen-bond donors (Lipinski definition) is 4. The van der Waals surface area contributed by atoms with Crippen LogP contribution >= 0.6 is 15.0 Å². The van der Waals surface area contributed by atoms with Crippen LogP contribution in [-0.4, -0.2) is 49.5 Å². The monoisotopic (exact) mass is 342 g/mol. The van der Waals surface area contributed by atoms with Crippen LogP contribution in [0.3, 0.4) is 0 Å². The van der Waals surface area contributed by atoms with Crippen molar-refractivity contribution >= 4 is 15.0 Å². The molecule has 0 aliphatic carbocycles. The molecule has 12 heteroatoms. The molecule has 10 nitrogen and oxygen atoms in total. The van der Waals surface area contributed by atoms with E-state index in [9.17, 15) is 23.6 Å². The summed E-state index contributed by atoms with van der Waals surface area (Å²) in [7, 11) is -8.50. The van der Waals surface area contributed by atoms with Crippen molar-refractivity contribution in [2.75, 3.05) is 25.3 Å². The molecule has 1 unspecified atom stereocenters. The summed E-state index contributed by atoms with van der Waals surface area (Å²) in [5.41, 5.74) is -1.11. The summed E-state index contributed by atoms with van der Waals surface area (Å²) in [6.45, 7) is -0.00240. The average molecular weight is 342 g/mol. The third-order valence-corrected chi connectivity index (χ3v) is 6.49. The van der Waals surface area contributed by atoms with Gasteiger partial charge in [-0.25, -0.2) is 4.79 Å². The van der Waals surface area contributed by atoms with E-state index in [-0.39, 0.29) is 19.8 Å². The Morgan fingerprint density at radius 2 is 1.86 bits per heavy atom. The third-order valence-electron chi connectivity index (χ3n) is 2.36. The molecule has 0 fully saturated rings. The number of ether oxygens (including phenoxy) is 1. The number of nitrogens with one attached hydrogen (secondary N) is 1. The summed E-state index contributed by atoms with van der Waals surface area (Å²) in [5, 5.41) is 0. The van der Waals surface area contributed by atoms with Crippen LogP contribution in [0.5, 0.6) is 0 Å². The number of aromatic nitrogens is 2. The number of H-pyrrole nitrogens is 1. The topological polar surface area (TPSA) is 159 Å². The Bertz CT molecular complexity index is 675. The number of rotatable bonds is 8. The van der Waals surface area contributed by atoms with Gasteiger partial charge < -0.3 is 19.4 Å². The Labute approximate surface area is 119 Å². The fourth-order valence-electron chi connectivity index (χ4n) is 1.45. The van der Waals surface area contributed by atoms with E-state index in [0.29, 0.717) is 0 Å². The van der Waals surface area contributed by atoms with Gasteiger partial charge in [-0.3, -0.25) is 23.5 Å². The molecule has 1 aromatic rings. The molecule has 1 aromatic heterocycles. The molecule has 0 spiro atoms. The van der Waals surface area contributed by atoms with Gasteiger partial charge in [-0.15, -0.1) is 0 Å². The largest absolute Gasteiger partial charge is 0.379 e. The zero-order valence-corrected chi connectivity index (χ0v) is 12.7. The smallest absolute Gasteiger partial charge is 0.335 e. The van der Waals surface area contributed by atoms with Crippen molar-refractivity contribution in [2.45, 2.75) is 6.54 Å². The zero-order valence-electron chi connectivity index (χ0n) is 10.9. The highest BCUT2D eigenvalue weighted by molar-refractivity contribution is 7.72. The first-order chi connectivity index (χ1) is 9.59. The molecular formula is C9H16N2O8P2. The van der Waals surface area contributed by atoms with Crippen LogP contribution in [0.15, 0.2) is 21.9 Å². The average Bonchev–Trinajstić information content (AvgIpc) is 2.27. The van der Waals surface area contributed by atoms with Gasteiger partial charge in [0.2, 0.25) is 7.37 Å². The highest BCUT2D eigenvalue weighted by atomic mass is 31.2. The van der Waals surface area contributed by atoms with Gasteiger partial charge in [0.15, 0.2) is 0 Å². The first-order valence-electron chi connectivity index (χ1n) is 5.82. The van der Waals surface area contributed by atoms with Crippen molar-refractivity contribution in [3.63, 3.8) is 0 Å². The minimum atomic E-state index is -4.55. The van der Waals surface area contributed by atoms with Gasteiger partial charge in [0.25, 0.3) is 5.56 Å².